The van der Waals surface area contributed by atoms with Gasteiger partial charge in [-0.1, -0.05) is 31.9 Å². The molecule has 1 saturated carbocycles. The van der Waals surface area contributed by atoms with Crippen molar-refractivity contribution in [3.05, 3.63) is 29.8 Å². The minimum absolute atomic E-state index is 0.0127. The van der Waals surface area contributed by atoms with Gasteiger partial charge in [0.05, 0.1) is 11.3 Å². The summed E-state index contributed by atoms with van der Waals surface area (Å²) >= 11 is 0. The zero-order valence-corrected chi connectivity index (χ0v) is 11.3. The summed E-state index contributed by atoms with van der Waals surface area (Å²) in [5.74, 6) is -0.995. The zero-order chi connectivity index (χ0) is 14.0. The first kappa shape index (κ1) is 13.6. The van der Waals surface area contributed by atoms with Crippen LogP contribution in [0.4, 0.5) is 5.69 Å². The van der Waals surface area contributed by atoms with Crippen LogP contribution in [0.15, 0.2) is 24.3 Å². The number of nitrogens with zero attached hydrogens (tertiary/aromatic N) is 1. The molecule has 0 unspecified atom stereocenters. The van der Waals surface area contributed by atoms with E-state index in [2.05, 4.69) is 0 Å². The summed E-state index contributed by atoms with van der Waals surface area (Å²) in [6, 6.07) is 6.63. The number of amides is 1. The van der Waals surface area contributed by atoms with Crippen LogP contribution in [0, 0.1) is 5.41 Å². The van der Waals surface area contributed by atoms with Gasteiger partial charge in [-0.25, -0.2) is 4.79 Å². The molecule has 1 amide bonds. The molecule has 2 rings (SSSR count). The fraction of sp³-hybridized carbons (Fsp3) is 0.467. The Bertz CT molecular complexity index is 504. The fourth-order valence-corrected chi connectivity index (χ4v) is 2.83. The van der Waals surface area contributed by atoms with Crippen LogP contribution >= 0.6 is 0 Å². The lowest BCUT2D eigenvalue weighted by molar-refractivity contribution is -0.126. The Hall–Kier alpha value is -1.84. The van der Waals surface area contributed by atoms with Crippen molar-refractivity contribution >= 4 is 17.6 Å². The van der Waals surface area contributed by atoms with Gasteiger partial charge in [0.2, 0.25) is 5.91 Å². The summed E-state index contributed by atoms with van der Waals surface area (Å²) in [6.45, 7) is 1.97. The van der Waals surface area contributed by atoms with Crippen LogP contribution in [-0.4, -0.2) is 24.0 Å². The van der Waals surface area contributed by atoms with E-state index in [9.17, 15) is 14.7 Å². The molecule has 0 radical (unpaired) electrons. The van der Waals surface area contributed by atoms with Gasteiger partial charge in [0.1, 0.15) is 0 Å². The lowest BCUT2D eigenvalue weighted by atomic mass is 9.87. The first-order valence-corrected chi connectivity index (χ1v) is 6.56. The number of para-hydroxylation sites is 1. The standard InChI is InChI=1S/C15H19NO3/c1-15(9-5-6-10-15)14(19)16(2)12-8-4-3-7-11(12)13(17)18/h3-4,7-8H,5-6,9-10H2,1-2H3,(H,17,18). The molecule has 0 saturated heterocycles. The number of carbonyl (C=O) groups is 2. The Balaban J connectivity index is 2.31. The summed E-state index contributed by atoms with van der Waals surface area (Å²) in [5.41, 5.74) is 0.286. The van der Waals surface area contributed by atoms with Gasteiger partial charge in [-0.3, -0.25) is 4.79 Å². The summed E-state index contributed by atoms with van der Waals surface area (Å²) in [5, 5.41) is 9.19. The molecule has 19 heavy (non-hydrogen) atoms. The monoisotopic (exact) mass is 261 g/mol. The average Bonchev–Trinajstić information content (AvgIpc) is 2.85. The highest BCUT2D eigenvalue weighted by Gasteiger charge is 2.39. The molecule has 1 aliphatic rings. The summed E-state index contributed by atoms with van der Waals surface area (Å²) in [6.07, 6.45) is 3.89. The van der Waals surface area contributed by atoms with Crippen molar-refractivity contribution in [1.82, 2.24) is 0 Å². The molecule has 1 aromatic rings. The maximum absolute atomic E-state index is 12.6. The van der Waals surface area contributed by atoms with E-state index in [0.29, 0.717) is 5.69 Å². The van der Waals surface area contributed by atoms with E-state index in [-0.39, 0.29) is 16.9 Å². The quantitative estimate of drug-likeness (QED) is 0.910. The molecule has 0 spiro atoms. The Labute approximate surface area is 113 Å². The van der Waals surface area contributed by atoms with Crippen LogP contribution in [-0.2, 0) is 4.79 Å². The van der Waals surface area contributed by atoms with Gasteiger partial charge in [-0.15, -0.1) is 0 Å². The number of carboxylic acids is 1. The third kappa shape index (κ3) is 2.48. The molecule has 0 aliphatic heterocycles. The molecule has 4 heteroatoms. The van der Waals surface area contributed by atoms with E-state index in [1.807, 2.05) is 6.92 Å². The molecule has 0 aromatic heterocycles. The lowest BCUT2D eigenvalue weighted by Crippen LogP contribution is -2.39. The van der Waals surface area contributed by atoms with E-state index in [4.69, 9.17) is 0 Å². The smallest absolute Gasteiger partial charge is 0.337 e. The van der Waals surface area contributed by atoms with Crippen molar-refractivity contribution in [2.24, 2.45) is 5.41 Å². The van der Waals surface area contributed by atoms with Crippen molar-refractivity contribution in [3.63, 3.8) is 0 Å². The first-order valence-electron chi connectivity index (χ1n) is 6.56. The zero-order valence-electron chi connectivity index (χ0n) is 11.3. The first-order chi connectivity index (χ1) is 8.96. The largest absolute Gasteiger partial charge is 0.478 e. The number of carbonyl (C=O) groups excluding carboxylic acids is 1. The third-order valence-electron chi connectivity index (χ3n) is 4.02. The number of hydrogen-bond donors (Lipinski definition) is 1. The van der Waals surface area contributed by atoms with Crippen LogP contribution in [0.1, 0.15) is 43.0 Å². The highest BCUT2D eigenvalue weighted by molar-refractivity contribution is 6.03. The van der Waals surface area contributed by atoms with Gasteiger partial charge in [0.25, 0.3) is 0 Å². The SMILES string of the molecule is CN(C(=O)C1(C)CCCC1)c1ccccc1C(=O)O. The van der Waals surface area contributed by atoms with Gasteiger partial charge in [0.15, 0.2) is 0 Å². The molecule has 0 atom stereocenters. The Morgan fingerprint density at radius 1 is 1.21 bits per heavy atom. The minimum Gasteiger partial charge on any atom is -0.478 e. The molecule has 4 nitrogen and oxygen atoms in total. The van der Waals surface area contributed by atoms with Gasteiger partial charge < -0.3 is 10.0 Å². The topological polar surface area (TPSA) is 57.6 Å². The molecule has 1 aromatic carbocycles. The molecule has 0 heterocycles. The Morgan fingerprint density at radius 2 is 1.79 bits per heavy atom. The van der Waals surface area contributed by atoms with E-state index in [1.54, 1.807) is 25.2 Å². The maximum Gasteiger partial charge on any atom is 0.337 e. The number of anilines is 1. The van der Waals surface area contributed by atoms with Gasteiger partial charge >= 0.3 is 5.97 Å². The molecule has 1 N–H and O–H groups in total. The fourth-order valence-electron chi connectivity index (χ4n) is 2.83. The van der Waals surface area contributed by atoms with Gasteiger partial charge in [-0.2, -0.15) is 0 Å². The lowest BCUT2D eigenvalue weighted by Gasteiger charge is -2.29. The number of hydrogen-bond acceptors (Lipinski definition) is 2. The summed E-state index contributed by atoms with van der Waals surface area (Å²) < 4.78 is 0. The van der Waals surface area contributed by atoms with E-state index in [0.717, 1.165) is 25.7 Å². The third-order valence-corrected chi connectivity index (χ3v) is 4.02. The number of rotatable bonds is 3. The average molecular weight is 261 g/mol. The summed E-state index contributed by atoms with van der Waals surface area (Å²) in [4.78, 5) is 25.3. The van der Waals surface area contributed by atoms with Crippen LogP contribution < -0.4 is 4.90 Å². The second-order valence-electron chi connectivity index (χ2n) is 5.45. The van der Waals surface area contributed by atoms with Crippen molar-refractivity contribution in [1.29, 1.82) is 0 Å². The van der Waals surface area contributed by atoms with E-state index >= 15 is 0 Å². The van der Waals surface area contributed by atoms with Crippen molar-refractivity contribution < 1.29 is 14.7 Å². The van der Waals surface area contributed by atoms with Crippen molar-refractivity contribution in [3.8, 4) is 0 Å². The number of benzene rings is 1. The number of carboxylic acid groups (broad SMARTS) is 1. The van der Waals surface area contributed by atoms with E-state index < -0.39 is 5.97 Å². The van der Waals surface area contributed by atoms with Gasteiger partial charge in [-0.05, 0) is 25.0 Å². The maximum atomic E-state index is 12.6. The second kappa shape index (κ2) is 5.03. The molecule has 102 valence electrons. The van der Waals surface area contributed by atoms with E-state index in [1.165, 1.54) is 11.0 Å². The molecule has 1 aliphatic carbocycles. The Morgan fingerprint density at radius 3 is 2.37 bits per heavy atom. The summed E-state index contributed by atoms with van der Waals surface area (Å²) in [7, 11) is 1.66. The van der Waals surface area contributed by atoms with Crippen molar-refractivity contribution in [2.45, 2.75) is 32.6 Å². The molecule has 0 bridgehead atoms. The minimum atomic E-state index is -1.01. The van der Waals surface area contributed by atoms with Gasteiger partial charge in [0, 0.05) is 12.5 Å². The molecule has 1 fully saturated rings. The number of aromatic carboxylic acids is 1. The van der Waals surface area contributed by atoms with Crippen LogP contribution in [0.25, 0.3) is 0 Å². The predicted molar refractivity (Wildman–Crippen MR) is 73.4 cm³/mol. The van der Waals surface area contributed by atoms with Crippen molar-refractivity contribution in [2.75, 3.05) is 11.9 Å². The molecular weight excluding hydrogens is 242 g/mol. The highest BCUT2D eigenvalue weighted by atomic mass is 16.4. The highest BCUT2D eigenvalue weighted by Crippen LogP contribution is 2.40. The van der Waals surface area contributed by atoms with Crippen LogP contribution in [0.5, 0.6) is 0 Å². The van der Waals surface area contributed by atoms with Crippen LogP contribution in [0.2, 0.25) is 0 Å². The normalized spacial score (nSPS) is 17.2. The second-order valence-corrected chi connectivity index (χ2v) is 5.45. The predicted octanol–water partition coefficient (Wildman–Crippen LogP) is 2.93. The Kier molecular flexibility index (Phi) is 3.60. The van der Waals surface area contributed by atoms with Crippen LogP contribution in [0.3, 0.4) is 0 Å². The molecular formula is C15H19NO3.